The molecule has 3 aliphatic rings. The number of carbonyl (C=O) groups excluding carboxylic acids is 2. The average Bonchev–Trinajstić information content (AvgIpc) is 3.11. The highest BCUT2D eigenvalue weighted by Crippen LogP contribution is 2.55. The Morgan fingerprint density at radius 1 is 1.36 bits per heavy atom. The van der Waals surface area contributed by atoms with Gasteiger partial charge in [-0.25, -0.2) is 9.78 Å². The van der Waals surface area contributed by atoms with Crippen molar-refractivity contribution in [1.29, 1.82) is 0 Å². The van der Waals surface area contributed by atoms with Gasteiger partial charge in [-0.1, -0.05) is 39.8 Å². The van der Waals surface area contributed by atoms with Gasteiger partial charge in [-0.05, 0) is 42.7 Å². The second kappa shape index (κ2) is 6.69. The predicted octanol–water partition coefficient (Wildman–Crippen LogP) is 3.62. The predicted molar refractivity (Wildman–Crippen MR) is 104 cm³/mol. The lowest BCUT2D eigenvalue weighted by atomic mass is 9.73. The number of ether oxygens (including phenoxy) is 2. The van der Waals surface area contributed by atoms with Crippen LogP contribution in [0.5, 0.6) is 0 Å². The fourth-order valence-corrected chi connectivity index (χ4v) is 4.61. The number of hydrogen-bond donors (Lipinski definition) is 1. The van der Waals surface area contributed by atoms with Crippen molar-refractivity contribution >= 4 is 17.7 Å². The Morgan fingerprint density at radius 2 is 2.14 bits per heavy atom. The Labute approximate surface area is 165 Å². The Bertz CT molecular complexity index is 824. The molecule has 0 aromatic carbocycles. The van der Waals surface area contributed by atoms with Gasteiger partial charge in [0.1, 0.15) is 17.5 Å². The Balaban J connectivity index is 1.48. The highest BCUT2D eigenvalue weighted by Gasteiger charge is 2.63. The van der Waals surface area contributed by atoms with Crippen molar-refractivity contribution in [2.75, 3.05) is 5.32 Å². The standard InChI is InChI=1S/C22H28N2O4/c1-13-9-15-6-7-17-22(15,16(10-13)19(25)28-17)27-12-14-5-8-18(23-11-14)24-20(26)21(2,3)4/h5,8,10-11,13,15,17H,6-7,9,12H2,1-4H3,(H,23,24,26)/t13-,15?,17+,22-/m0/s1. The van der Waals surface area contributed by atoms with Gasteiger partial charge in [-0.15, -0.1) is 0 Å². The minimum absolute atomic E-state index is 0.0767. The number of carbonyl (C=O) groups is 2. The quantitative estimate of drug-likeness (QED) is 0.802. The Kier molecular flexibility index (Phi) is 4.57. The highest BCUT2D eigenvalue weighted by molar-refractivity contribution is 5.94. The van der Waals surface area contributed by atoms with Gasteiger partial charge in [-0.2, -0.15) is 0 Å². The van der Waals surface area contributed by atoms with Gasteiger partial charge in [0.25, 0.3) is 0 Å². The molecule has 1 aromatic rings. The third-order valence-corrected chi connectivity index (χ3v) is 6.08. The number of esters is 1. The molecule has 28 heavy (non-hydrogen) atoms. The Morgan fingerprint density at radius 3 is 2.82 bits per heavy atom. The number of amides is 1. The molecular formula is C22H28N2O4. The van der Waals surface area contributed by atoms with Crippen LogP contribution in [-0.4, -0.2) is 28.6 Å². The first-order chi connectivity index (χ1) is 13.2. The van der Waals surface area contributed by atoms with Crippen LogP contribution < -0.4 is 5.32 Å². The Hall–Kier alpha value is -2.21. The van der Waals surface area contributed by atoms with Crippen LogP contribution in [0.25, 0.3) is 0 Å². The molecule has 6 heteroatoms. The van der Waals surface area contributed by atoms with Crippen molar-refractivity contribution in [3.8, 4) is 0 Å². The summed E-state index contributed by atoms with van der Waals surface area (Å²) in [5, 5.41) is 2.82. The van der Waals surface area contributed by atoms with E-state index in [4.69, 9.17) is 9.47 Å². The minimum atomic E-state index is -0.608. The van der Waals surface area contributed by atoms with Crippen LogP contribution in [0.3, 0.4) is 0 Å². The molecule has 2 heterocycles. The van der Waals surface area contributed by atoms with Crippen molar-refractivity contribution < 1.29 is 19.1 Å². The molecule has 2 fully saturated rings. The molecule has 1 aromatic heterocycles. The first-order valence-electron chi connectivity index (χ1n) is 10.0. The normalized spacial score (nSPS) is 31.2. The van der Waals surface area contributed by atoms with E-state index >= 15 is 0 Å². The van der Waals surface area contributed by atoms with Crippen LogP contribution >= 0.6 is 0 Å². The van der Waals surface area contributed by atoms with Gasteiger partial charge in [0.15, 0.2) is 0 Å². The number of nitrogens with one attached hydrogen (secondary N) is 1. The molecule has 6 nitrogen and oxygen atoms in total. The van der Waals surface area contributed by atoms with Crippen LogP contribution in [0.4, 0.5) is 5.82 Å². The smallest absolute Gasteiger partial charge is 0.337 e. The number of pyridine rings is 1. The molecule has 150 valence electrons. The van der Waals surface area contributed by atoms with Crippen LogP contribution in [0.2, 0.25) is 0 Å². The molecule has 4 rings (SSSR count). The molecule has 0 radical (unpaired) electrons. The van der Waals surface area contributed by atoms with Crippen LogP contribution in [0, 0.1) is 17.3 Å². The molecule has 2 aliphatic carbocycles. The number of anilines is 1. The zero-order valence-corrected chi connectivity index (χ0v) is 17.0. The van der Waals surface area contributed by atoms with Crippen molar-refractivity contribution in [3.05, 3.63) is 35.5 Å². The molecular weight excluding hydrogens is 356 g/mol. The summed E-state index contributed by atoms with van der Waals surface area (Å²) in [6.45, 7) is 8.08. The van der Waals surface area contributed by atoms with E-state index in [9.17, 15) is 9.59 Å². The van der Waals surface area contributed by atoms with Crippen molar-refractivity contribution in [2.24, 2.45) is 17.3 Å². The average molecular weight is 384 g/mol. The summed E-state index contributed by atoms with van der Waals surface area (Å²) in [5.41, 5.74) is 0.529. The number of rotatable bonds is 4. The summed E-state index contributed by atoms with van der Waals surface area (Å²) in [6.07, 6.45) is 6.47. The summed E-state index contributed by atoms with van der Waals surface area (Å²) >= 11 is 0. The maximum atomic E-state index is 12.4. The lowest BCUT2D eigenvalue weighted by Crippen LogP contribution is -2.46. The van der Waals surface area contributed by atoms with E-state index in [1.165, 1.54) is 0 Å². The van der Waals surface area contributed by atoms with Crippen LogP contribution in [0.15, 0.2) is 30.0 Å². The van der Waals surface area contributed by atoms with Gasteiger partial charge in [0, 0.05) is 11.6 Å². The van der Waals surface area contributed by atoms with Gasteiger partial charge in [0.05, 0.1) is 12.2 Å². The molecule has 0 spiro atoms. The summed E-state index contributed by atoms with van der Waals surface area (Å²) in [5.74, 6) is 0.908. The van der Waals surface area contributed by atoms with E-state index in [2.05, 4.69) is 17.2 Å². The second-order valence-electron chi connectivity index (χ2n) is 9.30. The lowest BCUT2D eigenvalue weighted by Gasteiger charge is -2.38. The third-order valence-electron chi connectivity index (χ3n) is 6.08. The maximum Gasteiger partial charge on any atom is 0.337 e. The zero-order valence-electron chi connectivity index (χ0n) is 17.0. The lowest BCUT2D eigenvalue weighted by molar-refractivity contribution is -0.142. The maximum absolute atomic E-state index is 12.4. The molecule has 1 N–H and O–H groups in total. The van der Waals surface area contributed by atoms with Crippen molar-refractivity contribution in [2.45, 2.75) is 65.3 Å². The summed E-state index contributed by atoms with van der Waals surface area (Å²) < 4.78 is 12.1. The van der Waals surface area contributed by atoms with Gasteiger partial charge < -0.3 is 14.8 Å². The van der Waals surface area contributed by atoms with E-state index in [0.717, 1.165) is 24.8 Å². The van der Waals surface area contributed by atoms with E-state index in [1.54, 1.807) is 12.3 Å². The topological polar surface area (TPSA) is 77.5 Å². The second-order valence-corrected chi connectivity index (χ2v) is 9.30. The van der Waals surface area contributed by atoms with Crippen molar-refractivity contribution in [3.63, 3.8) is 0 Å². The van der Waals surface area contributed by atoms with Crippen molar-refractivity contribution in [1.82, 2.24) is 4.98 Å². The summed E-state index contributed by atoms with van der Waals surface area (Å²) in [6, 6.07) is 3.68. The molecule has 1 amide bonds. The number of nitrogens with zero attached hydrogens (tertiary/aromatic N) is 1. The van der Waals surface area contributed by atoms with E-state index < -0.39 is 11.0 Å². The third kappa shape index (κ3) is 3.13. The summed E-state index contributed by atoms with van der Waals surface area (Å²) in [4.78, 5) is 28.8. The molecule has 1 aliphatic heterocycles. The van der Waals surface area contributed by atoms with E-state index in [-0.39, 0.29) is 18.0 Å². The molecule has 1 unspecified atom stereocenters. The van der Waals surface area contributed by atoms with Crippen LogP contribution in [0.1, 0.15) is 52.5 Å². The summed E-state index contributed by atoms with van der Waals surface area (Å²) in [7, 11) is 0. The van der Waals surface area contributed by atoms with Crippen LogP contribution in [-0.2, 0) is 25.7 Å². The number of hydrogen-bond acceptors (Lipinski definition) is 5. The fraction of sp³-hybridized carbons (Fsp3) is 0.591. The highest BCUT2D eigenvalue weighted by atomic mass is 16.6. The number of allylic oxidation sites excluding steroid dienone is 1. The monoisotopic (exact) mass is 384 g/mol. The van der Waals surface area contributed by atoms with E-state index in [0.29, 0.717) is 29.8 Å². The van der Waals surface area contributed by atoms with Gasteiger partial charge >= 0.3 is 5.97 Å². The molecule has 1 saturated heterocycles. The number of aromatic nitrogens is 1. The molecule has 0 bridgehead atoms. The largest absolute Gasteiger partial charge is 0.455 e. The van der Waals surface area contributed by atoms with Gasteiger partial charge in [0.2, 0.25) is 5.91 Å². The fourth-order valence-electron chi connectivity index (χ4n) is 4.61. The first kappa shape index (κ1) is 19.1. The van der Waals surface area contributed by atoms with Gasteiger partial charge in [-0.3, -0.25) is 4.79 Å². The SMILES string of the molecule is C[C@@H]1C=C2C(=O)O[C@@H]3CCC(C1)[C@]23OCc1ccc(NC(=O)C(C)(C)C)nc1. The van der Waals surface area contributed by atoms with E-state index in [1.807, 2.05) is 32.9 Å². The zero-order chi connectivity index (χ0) is 20.1. The minimum Gasteiger partial charge on any atom is -0.455 e. The first-order valence-corrected chi connectivity index (χ1v) is 10.0. The molecule has 4 atom stereocenters. The molecule has 1 saturated carbocycles.